The molecule has 6 heteroatoms. The lowest BCUT2D eigenvalue weighted by molar-refractivity contribution is -0.117. The van der Waals surface area contributed by atoms with E-state index in [1.165, 1.54) is 6.20 Å². The number of nitrogens with zero attached hydrogens (tertiary/aromatic N) is 2. The van der Waals surface area contributed by atoms with Gasteiger partial charge in [0.05, 0.1) is 5.69 Å². The molecule has 1 rings (SSSR count). The predicted molar refractivity (Wildman–Crippen MR) is 51.2 cm³/mol. The molecule has 0 spiro atoms. The van der Waals surface area contributed by atoms with Gasteiger partial charge in [0.1, 0.15) is 6.54 Å². The Balaban J connectivity index is 2.62. The molecule has 1 N–H and O–H groups in total. The molecule has 0 amide bonds. The second-order valence-corrected chi connectivity index (χ2v) is 4.35. The Kier molecular flexibility index (Phi) is 2.97. The van der Waals surface area contributed by atoms with Gasteiger partial charge in [-0.1, -0.05) is 20.8 Å². The molecule has 0 unspecified atom stereocenters. The van der Waals surface area contributed by atoms with Gasteiger partial charge in [-0.25, -0.2) is 0 Å². The number of nitrogens with one attached hydrogen (secondary N) is 1. The van der Waals surface area contributed by atoms with Crippen LogP contribution in [0.5, 0.6) is 0 Å². The molecule has 86 valence electrons. The van der Waals surface area contributed by atoms with Crippen LogP contribution in [0.1, 0.15) is 26.5 Å². The van der Waals surface area contributed by atoms with Gasteiger partial charge in [0.15, 0.2) is 0 Å². The van der Waals surface area contributed by atoms with Crippen molar-refractivity contribution in [3.8, 4) is 0 Å². The van der Waals surface area contributed by atoms with Gasteiger partial charge in [-0.2, -0.15) is 23.1 Å². The number of alkyl halides is 3. The second-order valence-electron chi connectivity index (χ2n) is 4.35. The first-order valence-electron chi connectivity index (χ1n) is 4.55. The van der Waals surface area contributed by atoms with E-state index in [-0.39, 0.29) is 5.41 Å². The normalized spacial score (nSPS) is 12.9. The summed E-state index contributed by atoms with van der Waals surface area (Å²) in [5.41, 5.74) is 2.74. The summed E-state index contributed by atoms with van der Waals surface area (Å²) in [6, 6.07) is 1.70. The van der Waals surface area contributed by atoms with Crippen LogP contribution in [-0.4, -0.2) is 22.6 Å². The number of halogens is 3. The van der Waals surface area contributed by atoms with E-state index < -0.39 is 12.7 Å². The fraction of sp³-hybridized carbons (Fsp3) is 0.667. The predicted octanol–water partition coefficient (Wildman–Crippen LogP) is 2.29. The third kappa shape index (κ3) is 3.81. The molecule has 0 aromatic carbocycles. The third-order valence-electron chi connectivity index (χ3n) is 1.80. The van der Waals surface area contributed by atoms with E-state index in [9.17, 15) is 13.2 Å². The van der Waals surface area contributed by atoms with Crippen molar-refractivity contribution in [3.05, 3.63) is 18.0 Å². The molecule has 0 fully saturated rings. The van der Waals surface area contributed by atoms with Crippen LogP contribution in [0.3, 0.4) is 0 Å². The highest BCUT2D eigenvalue weighted by Gasteiger charge is 2.27. The van der Waals surface area contributed by atoms with Crippen LogP contribution < -0.4 is 5.43 Å². The molecule has 0 aliphatic heterocycles. The van der Waals surface area contributed by atoms with E-state index >= 15 is 0 Å². The Morgan fingerprint density at radius 1 is 1.33 bits per heavy atom. The lowest BCUT2D eigenvalue weighted by atomic mass is 9.93. The maximum atomic E-state index is 11.9. The minimum atomic E-state index is -4.23. The van der Waals surface area contributed by atoms with Crippen molar-refractivity contribution in [1.82, 2.24) is 9.89 Å². The van der Waals surface area contributed by atoms with Crippen molar-refractivity contribution in [1.29, 1.82) is 0 Å². The van der Waals surface area contributed by atoms with Crippen molar-refractivity contribution in [2.24, 2.45) is 0 Å². The maximum absolute atomic E-state index is 11.9. The summed E-state index contributed by atoms with van der Waals surface area (Å²) < 4.78 is 35.6. The summed E-state index contributed by atoms with van der Waals surface area (Å²) in [4.78, 5) is 1.09. The quantitative estimate of drug-likeness (QED) is 0.830. The lowest BCUT2D eigenvalue weighted by Gasteiger charge is -2.14. The topological polar surface area (TPSA) is 29.9 Å². The molecular weight excluding hydrogens is 207 g/mol. The minimum Gasteiger partial charge on any atom is -0.301 e. The standard InChI is InChI=1S/C9H14F3N3/c1-8(2,3)7-4-5-15(14-7)13-6-9(10,11)12/h4-5,13H,6H2,1-3H3. The van der Waals surface area contributed by atoms with Crippen LogP contribution in [0.2, 0.25) is 0 Å². The largest absolute Gasteiger partial charge is 0.407 e. The van der Waals surface area contributed by atoms with Crippen LogP contribution in [0.25, 0.3) is 0 Å². The van der Waals surface area contributed by atoms with Gasteiger partial charge in [-0.05, 0) is 6.07 Å². The van der Waals surface area contributed by atoms with Gasteiger partial charge in [-0.3, -0.25) is 0 Å². The fourth-order valence-electron chi connectivity index (χ4n) is 0.983. The van der Waals surface area contributed by atoms with Crippen molar-refractivity contribution in [2.45, 2.75) is 32.4 Å². The van der Waals surface area contributed by atoms with E-state index in [0.29, 0.717) is 0 Å². The number of rotatable bonds is 2. The Hall–Kier alpha value is -1.20. The summed E-state index contributed by atoms with van der Waals surface area (Å²) in [5, 5.41) is 3.99. The van der Waals surface area contributed by atoms with Gasteiger partial charge in [-0.15, -0.1) is 0 Å². The van der Waals surface area contributed by atoms with Gasteiger partial charge in [0.2, 0.25) is 0 Å². The highest BCUT2D eigenvalue weighted by molar-refractivity contribution is 5.10. The molecule has 1 aromatic heterocycles. The molecular formula is C9H14F3N3. The molecule has 0 aliphatic carbocycles. The van der Waals surface area contributed by atoms with Crippen LogP contribution in [0, 0.1) is 0 Å². The van der Waals surface area contributed by atoms with Crippen molar-refractivity contribution in [3.63, 3.8) is 0 Å². The highest BCUT2D eigenvalue weighted by atomic mass is 19.4. The third-order valence-corrected chi connectivity index (χ3v) is 1.80. The van der Waals surface area contributed by atoms with Crippen molar-refractivity contribution >= 4 is 0 Å². The SMILES string of the molecule is CC(C)(C)c1ccn(NCC(F)(F)F)n1. The summed E-state index contributed by atoms with van der Waals surface area (Å²) in [5.74, 6) is 0. The van der Waals surface area contributed by atoms with Crippen molar-refractivity contribution < 1.29 is 13.2 Å². The van der Waals surface area contributed by atoms with Crippen LogP contribution in [0.15, 0.2) is 12.3 Å². The lowest BCUT2D eigenvalue weighted by Crippen LogP contribution is -2.28. The molecule has 1 heterocycles. The van der Waals surface area contributed by atoms with E-state index in [2.05, 4.69) is 10.5 Å². The first-order chi connectivity index (χ1) is 6.68. The Morgan fingerprint density at radius 2 is 1.93 bits per heavy atom. The molecule has 0 atom stereocenters. The smallest absolute Gasteiger partial charge is 0.301 e. The average Bonchev–Trinajstić information content (AvgIpc) is 2.45. The summed E-state index contributed by atoms with van der Waals surface area (Å²) in [7, 11) is 0. The molecule has 0 saturated heterocycles. The fourth-order valence-corrected chi connectivity index (χ4v) is 0.983. The van der Waals surface area contributed by atoms with Crippen LogP contribution in [0.4, 0.5) is 13.2 Å². The molecule has 15 heavy (non-hydrogen) atoms. The molecule has 3 nitrogen and oxygen atoms in total. The number of hydrogen-bond acceptors (Lipinski definition) is 2. The minimum absolute atomic E-state index is 0.162. The van der Waals surface area contributed by atoms with Crippen molar-refractivity contribution in [2.75, 3.05) is 12.0 Å². The molecule has 0 saturated carbocycles. The van der Waals surface area contributed by atoms with Gasteiger partial charge >= 0.3 is 6.18 Å². The monoisotopic (exact) mass is 221 g/mol. The molecule has 0 aliphatic rings. The summed E-state index contributed by atoms with van der Waals surface area (Å²) in [6.45, 7) is 4.76. The second kappa shape index (κ2) is 3.75. The molecule has 0 bridgehead atoms. The average molecular weight is 221 g/mol. The first kappa shape index (κ1) is 11.9. The Labute approximate surface area is 86.2 Å². The van der Waals surface area contributed by atoms with Gasteiger partial charge in [0, 0.05) is 11.6 Å². The van der Waals surface area contributed by atoms with Gasteiger partial charge < -0.3 is 5.43 Å². The van der Waals surface area contributed by atoms with E-state index in [4.69, 9.17) is 0 Å². The molecule has 0 radical (unpaired) electrons. The van der Waals surface area contributed by atoms with Crippen LogP contribution in [-0.2, 0) is 5.41 Å². The maximum Gasteiger partial charge on any atom is 0.407 e. The Bertz CT molecular complexity index is 322. The summed E-state index contributed by atoms with van der Waals surface area (Å²) >= 11 is 0. The highest BCUT2D eigenvalue weighted by Crippen LogP contribution is 2.19. The number of hydrogen-bond donors (Lipinski definition) is 1. The van der Waals surface area contributed by atoms with E-state index in [1.807, 2.05) is 20.8 Å². The van der Waals surface area contributed by atoms with Gasteiger partial charge in [0.25, 0.3) is 0 Å². The zero-order valence-corrected chi connectivity index (χ0v) is 8.89. The zero-order valence-electron chi connectivity index (χ0n) is 8.89. The first-order valence-corrected chi connectivity index (χ1v) is 4.55. The van der Waals surface area contributed by atoms with E-state index in [0.717, 1.165) is 10.5 Å². The van der Waals surface area contributed by atoms with Crippen LogP contribution >= 0.6 is 0 Å². The Morgan fingerprint density at radius 3 is 2.33 bits per heavy atom. The number of aromatic nitrogens is 2. The zero-order chi connectivity index (χ0) is 11.7. The van der Waals surface area contributed by atoms with E-state index in [1.54, 1.807) is 6.07 Å². The molecule has 1 aromatic rings. The summed E-state index contributed by atoms with van der Waals surface area (Å²) in [6.07, 6.45) is -2.75.